The maximum atomic E-state index is 12.1. The molecule has 0 atom stereocenters. The molecule has 1 rings (SSSR count). The summed E-state index contributed by atoms with van der Waals surface area (Å²) in [5.41, 5.74) is 0.626. The second-order valence-electron chi connectivity index (χ2n) is 4.18. The summed E-state index contributed by atoms with van der Waals surface area (Å²) in [4.78, 5) is 24.7. The fourth-order valence-electron chi connectivity index (χ4n) is 1.84. The normalized spacial score (nSPS) is 9.77. The summed E-state index contributed by atoms with van der Waals surface area (Å²) in [5, 5.41) is 2.38. The number of carbonyl (C=O) groups excluding carboxylic acids is 2. The van der Waals surface area contributed by atoms with Crippen LogP contribution >= 0.6 is 0 Å². The molecule has 1 aromatic rings. The van der Waals surface area contributed by atoms with E-state index in [1.807, 2.05) is 0 Å². The van der Waals surface area contributed by atoms with Crippen molar-refractivity contribution in [3.63, 3.8) is 0 Å². The van der Waals surface area contributed by atoms with Gasteiger partial charge in [0.1, 0.15) is 11.4 Å². The van der Waals surface area contributed by atoms with Crippen LogP contribution < -0.4 is 10.1 Å². The minimum Gasteiger partial charge on any atom is -0.494 e. The molecule has 3 amide bonds. The summed E-state index contributed by atoms with van der Waals surface area (Å²) < 4.78 is 29.8. The number of amides is 3. The molecule has 8 nitrogen and oxygen atoms in total. The van der Waals surface area contributed by atoms with E-state index >= 15 is 0 Å². The Morgan fingerprint density at radius 2 is 2.05 bits per heavy atom. The standard InChI is InChI=1S/C13H17N3O5S/c1-4-16(13(18)14-2)12(17)8-9-5-6-11(21-3)10(7-9)15-22(19)20/h5-7H,4,8H2,1-3H3,(H,14,18). The maximum Gasteiger partial charge on any atom is 0.323 e. The number of hydrogen-bond acceptors (Lipinski definition) is 6. The third-order valence-corrected chi connectivity index (χ3v) is 3.19. The van der Waals surface area contributed by atoms with Crippen molar-refractivity contribution in [1.29, 1.82) is 0 Å². The van der Waals surface area contributed by atoms with Gasteiger partial charge in [0.25, 0.3) is 0 Å². The number of urea groups is 1. The molecule has 0 fully saturated rings. The van der Waals surface area contributed by atoms with Crippen molar-refractivity contribution in [2.75, 3.05) is 20.7 Å². The number of likely N-dealkylation sites (N-methyl/N-ethyl adjacent to an activating group) is 1. The second-order valence-corrected chi connectivity index (χ2v) is 4.80. The highest BCUT2D eigenvalue weighted by molar-refractivity contribution is 7.61. The Hall–Kier alpha value is -2.42. The number of carbonyl (C=O) groups is 2. The monoisotopic (exact) mass is 327 g/mol. The van der Waals surface area contributed by atoms with Crippen molar-refractivity contribution in [3.8, 4) is 5.75 Å². The molecule has 0 radical (unpaired) electrons. The van der Waals surface area contributed by atoms with Crippen LogP contribution in [0.1, 0.15) is 12.5 Å². The number of imide groups is 1. The lowest BCUT2D eigenvalue weighted by atomic mass is 10.1. The summed E-state index contributed by atoms with van der Waals surface area (Å²) in [6.07, 6.45) is -0.0563. The summed E-state index contributed by atoms with van der Waals surface area (Å²) in [6, 6.07) is 4.07. The quantitative estimate of drug-likeness (QED) is 0.872. The van der Waals surface area contributed by atoms with E-state index in [0.717, 1.165) is 4.90 Å². The first-order valence-electron chi connectivity index (χ1n) is 6.43. The first-order valence-corrected chi connectivity index (χ1v) is 7.46. The first-order chi connectivity index (χ1) is 10.4. The van der Waals surface area contributed by atoms with Gasteiger partial charge in [0, 0.05) is 13.6 Å². The van der Waals surface area contributed by atoms with Gasteiger partial charge in [-0.15, -0.1) is 4.36 Å². The highest BCUT2D eigenvalue weighted by atomic mass is 32.2. The molecule has 0 saturated carbocycles. The molecule has 0 aliphatic carbocycles. The summed E-state index contributed by atoms with van der Waals surface area (Å²) in [5.74, 6) is -0.125. The van der Waals surface area contributed by atoms with Crippen LogP contribution in [0.2, 0.25) is 0 Å². The minimum absolute atomic E-state index is 0.0563. The van der Waals surface area contributed by atoms with E-state index < -0.39 is 22.4 Å². The molecule has 120 valence electrons. The zero-order valence-corrected chi connectivity index (χ0v) is 13.3. The van der Waals surface area contributed by atoms with Crippen molar-refractivity contribution in [2.45, 2.75) is 13.3 Å². The SMILES string of the molecule is CCN(C(=O)Cc1ccc(OC)c(N=S(=O)=O)c1)C(=O)NC. The number of nitrogens with zero attached hydrogens (tertiary/aromatic N) is 2. The molecule has 0 aromatic heterocycles. The van der Waals surface area contributed by atoms with Crippen LogP contribution in [0.4, 0.5) is 10.5 Å². The Balaban J connectivity index is 3.06. The number of nitrogens with one attached hydrogen (secondary N) is 1. The molecule has 0 bridgehead atoms. The smallest absolute Gasteiger partial charge is 0.323 e. The Morgan fingerprint density at radius 3 is 2.55 bits per heavy atom. The number of benzene rings is 1. The van der Waals surface area contributed by atoms with Crippen molar-refractivity contribution in [2.24, 2.45) is 4.36 Å². The van der Waals surface area contributed by atoms with Gasteiger partial charge in [0.2, 0.25) is 5.91 Å². The molecule has 0 saturated heterocycles. The number of methoxy groups -OCH3 is 1. The molecule has 0 aliphatic heterocycles. The van der Waals surface area contributed by atoms with Gasteiger partial charge in [-0.25, -0.2) is 4.79 Å². The van der Waals surface area contributed by atoms with Gasteiger partial charge in [0.15, 0.2) is 0 Å². The maximum absolute atomic E-state index is 12.1. The van der Waals surface area contributed by atoms with Gasteiger partial charge in [0.05, 0.1) is 13.5 Å². The third-order valence-electron chi connectivity index (χ3n) is 2.85. The van der Waals surface area contributed by atoms with E-state index in [4.69, 9.17) is 4.74 Å². The predicted octanol–water partition coefficient (Wildman–Crippen LogP) is 1.12. The highest BCUT2D eigenvalue weighted by Gasteiger charge is 2.19. The largest absolute Gasteiger partial charge is 0.494 e. The van der Waals surface area contributed by atoms with E-state index in [2.05, 4.69) is 9.68 Å². The molecule has 0 unspecified atom stereocenters. The van der Waals surface area contributed by atoms with E-state index in [-0.39, 0.29) is 24.4 Å². The molecule has 22 heavy (non-hydrogen) atoms. The Kier molecular flexibility index (Phi) is 6.51. The van der Waals surface area contributed by atoms with E-state index in [1.54, 1.807) is 13.0 Å². The predicted molar refractivity (Wildman–Crippen MR) is 79.5 cm³/mol. The number of rotatable bonds is 5. The van der Waals surface area contributed by atoms with Crippen LogP contribution in [0.3, 0.4) is 0 Å². The van der Waals surface area contributed by atoms with Crippen molar-refractivity contribution < 1.29 is 22.7 Å². The van der Waals surface area contributed by atoms with Crippen LogP contribution in [0, 0.1) is 0 Å². The molecule has 1 aromatic carbocycles. The third kappa shape index (κ3) is 4.55. The van der Waals surface area contributed by atoms with Gasteiger partial charge >= 0.3 is 16.5 Å². The average molecular weight is 327 g/mol. The van der Waals surface area contributed by atoms with Gasteiger partial charge in [-0.1, -0.05) is 6.07 Å². The molecule has 0 heterocycles. The Bertz CT molecular complexity index is 692. The molecule has 0 aliphatic rings. The zero-order chi connectivity index (χ0) is 16.7. The van der Waals surface area contributed by atoms with E-state index in [9.17, 15) is 18.0 Å². The lowest BCUT2D eigenvalue weighted by Gasteiger charge is -2.18. The van der Waals surface area contributed by atoms with Crippen LogP contribution in [-0.2, 0) is 21.7 Å². The van der Waals surface area contributed by atoms with Gasteiger partial charge in [-0.05, 0) is 24.6 Å². The van der Waals surface area contributed by atoms with Crippen molar-refractivity contribution in [3.05, 3.63) is 23.8 Å². The molecule has 1 N–H and O–H groups in total. The fourth-order valence-corrected chi connectivity index (χ4v) is 2.14. The highest BCUT2D eigenvalue weighted by Crippen LogP contribution is 2.28. The van der Waals surface area contributed by atoms with E-state index in [1.165, 1.54) is 26.3 Å². The first kappa shape index (κ1) is 17.6. The summed E-state index contributed by atoms with van der Waals surface area (Å²) in [6.45, 7) is 1.92. The Morgan fingerprint density at radius 1 is 1.36 bits per heavy atom. The van der Waals surface area contributed by atoms with Gasteiger partial charge in [-0.2, -0.15) is 8.42 Å². The number of hydrogen-bond donors (Lipinski definition) is 1. The average Bonchev–Trinajstić information content (AvgIpc) is 2.47. The zero-order valence-electron chi connectivity index (χ0n) is 12.5. The molecule has 9 heteroatoms. The number of ether oxygens (including phenoxy) is 1. The van der Waals surface area contributed by atoms with Gasteiger partial charge in [-0.3, -0.25) is 9.69 Å². The topological polar surface area (TPSA) is 105 Å². The van der Waals surface area contributed by atoms with Crippen LogP contribution in [0.5, 0.6) is 5.75 Å². The second kappa shape index (κ2) is 8.13. The summed E-state index contributed by atoms with van der Waals surface area (Å²) in [7, 11) is 0.190. The van der Waals surface area contributed by atoms with Crippen molar-refractivity contribution in [1.82, 2.24) is 10.2 Å². The van der Waals surface area contributed by atoms with Crippen LogP contribution in [0.25, 0.3) is 0 Å². The lowest BCUT2D eigenvalue weighted by molar-refractivity contribution is -0.127. The molecular formula is C13H17N3O5S. The molecule has 0 spiro atoms. The van der Waals surface area contributed by atoms with Crippen LogP contribution in [0.15, 0.2) is 22.6 Å². The summed E-state index contributed by atoms with van der Waals surface area (Å²) >= 11 is 0. The van der Waals surface area contributed by atoms with Gasteiger partial charge < -0.3 is 10.1 Å². The van der Waals surface area contributed by atoms with Crippen molar-refractivity contribution >= 4 is 28.1 Å². The lowest BCUT2D eigenvalue weighted by Crippen LogP contribution is -2.42. The Labute approximate surface area is 129 Å². The van der Waals surface area contributed by atoms with Crippen LogP contribution in [-0.4, -0.2) is 46.0 Å². The minimum atomic E-state index is -2.63. The molecular weight excluding hydrogens is 310 g/mol. The van der Waals surface area contributed by atoms with E-state index in [0.29, 0.717) is 5.56 Å². The fraction of sp³-hybridized carbons (Fsp3) is 0.385.